The maximum Gasteiger partial charge on any atom is 0.306 e. The average Bonchev–Trinajstić information content (AvgIpc) is 3.06. The SMILES string of the molecule is CC(c1cccs1)N(C)C(=O)[C@@H]1CC[C@H](C(=O)O)C1. The van der Waals surface area contributed by atoms with E-state index in [-0.39, 0.29) is 23.8 Å². The van der Waals surface area contributed by atoms with Crippen LogP contribution in [0.25, 0.3) is 0 Å². The van der Waals surface area contributed by atoms with Crippen molar-refractivity contribution in [2.75, 3.05) is 7.05 Å². The zero-order valence-electron chi connectivity index (χ0n) is 11.2. The quantitative estimate of drug-likeness (QED) is 0.923. The average molecular weight is 281 g/mol. The van der Waals surface area contributed by atoms with E-state index >= 15 is 0 Å². The van der Waals surface area contributed by atoms with Crippen molar-refractivity contribution < 1.29 is 14.7 Å². The van der Waals surface area contributed by atoms with Crippen LogP contribution in [0.2, 0.25) is 0 Å². The Balaban J connectivity index is 1.98. The lowest BCUT2D eigenvalue weighted by molar-refractivity contribution is -0.141. The van der Waals surface area contributed by atoms with Crippen molar-refractivity contribution in [3.8, 4) is 0 Å². The van der Waals surface area contributed by atoms with Crippen LogP contribution in [0, 0.1) is 11.8 Å². The number of carbonyl (C=O) groups is 2. The predicted molar refractivity (Wildman–Crippen MR) is 74.0 cm³/mol. The Morgan fingerprint density at radius 3 is 2.63 bits per heavy atom. The fourth-order valence-electron chi connectivity index (χ4n) is 2.63. The molecule has 1 aromatic rings. The van der Waals surface area contributed by atoms with Crippen molar-refractivity contribution in [1.82, 2.24) is 4.90 Å². The largest absolute Gasteiger partial charge is 0.481 e. The highest BCUT2D eigenvalue weighted by Gasteiger charge is 2.36. The maximum atomic E-state index is 12.4. The second-order valence-corrected chi connectivity index (χ2v) is 6.16. The number of hydrogen-bond donors (Lipinski definition) is 1. The van der Waals surface area contributed by atoms with Gasteiger partial charge in [0.1, 0.15) is 0 Å². The standard InChI is InChI=1S/C14H19NO3S/c1-9(12-4-3-7-19-12)15(2)13(16)10-5-6-11(8-10)14(17)18/h3-4,7,9-11H,5-6,8H2,1-2H3,(H,17,18)/t9?,10-,11+/m1/s1. The van der Waals surface area contributed by atoms with Crippen LogP contribution >= 0.6 is 11.3 Å². The summed E-state index contributed by atoms with van der Waals surface area (Å²) in [5.74, 6) is -1.18. The van der Waals surface area contributed by atoms with E-state index in [9.17, 15) is 9.59 Å². The minimum absolute atomic E-state index is 0.0522. The van der Waals surface area contributed by atoms with Crippen molar-refractivity contribution in [3.05, 3.63) is 22.4 Å². The second-order valence-electron chi connectivity index (χ2n) is 5.19. The van der Waals surface area contributed by atoms with Gasteiger partial charge in [0.15, 0.2) is 0 Å². The number of aliphatic carboxylic acids is 1. The van der Waals surface area contributed by atoms with Crippen LogP contribution < -0.4 is 0 Å². The number of rotatable bonds is 4. The third-order valence-electron chi connectivity index (χ3n) is 4.01. The summed E-state index contributed by atoms with van der Waals surface area (Å²) in [6.07, 6.45) is 1.79. The van der Waals surface area contributed by atoms with Gasteiger partial charge in [-0.1, -0.05) is 6.07 Å². The molecule has 0 aromatic carbocycles. The highest BCUT2D eigenvalue weighted by molar-refractivity contribution is 7.10. The molecule has 0 saturated heterocycles. The van der Waals surface area contributed by atoms with E-state index in [1.54, 1.807) is 23.3 Å². The highest BCUT2D eigenvalue weighted by Crippen LogP contribution is 2.34. The summed E-state index contributed by atoms with van der Waals surface area (Å²) in [5, 5.41) is 11.0. The summed E-state index contributed by atoms with van der Waals surface area (Å²) >= 11 is 1.64. The van der Waals surface area contributed by atoms with Gasteiger partial charge in [-0.25, -0.2) is 0 Å². The van der Waals surface area contributed by atoms with E-state index in [4.69, 9.17) is 5.11 Å². The van der Waals surface area contributed by atoms with Gasteiger partial charge < -0.3 is 10.0 Å². The molecule has 0 aliphatic heterocycles. The number of hydrogen-bond acceptors (Lipinski definition) is 3. The monoisotopic (exact) mass is 281 g/mol. The van der Waals surface area contributed by atoms with Gasteiger partial charge in [0.25, 0.3) is 0 Å². The smallest absolute Gasteiger partial charge is 0.306 e. The molecule has 1 amide bonds. The Morgan fingerprint density at radius 2 is 2.11 bits per heavy atom. The fourth-order valence-corrected chi connectivity index (χ4v) is 3.46. The van der Waals surface area contributed by atoms with E-state index in [0.717, 1.165) is 4.88 Å². The van der Waals surface area contributed by atoms with Gasteiger partial charge in [-0.3, -0.25) is 9.59 Å². The molecule has 3 atom stereocenters. The molecule has 19 heavy (non-hydrogen) atoms. The van der Waals surface area contributed by atoms with E-state index in [0.29, 0.717) is 19.3 Å². The van der Waals surface area contributed by atoms with E-state index < -0.39 is 5.97 Å². The van der Waals surface area contributed by atoms with Crippen LogP contribution in [0.4, 0.5) is 0 Å². The van der Waals surface area contributed by atoms with Crippen molar-refractivity contribution in [2.24, 2.45) is 11.8 Å². The van der Waals surface area contributed by atoms with Crippen LogP contribution in [-0.4, -0.2) is 28.9 Å². The molecular formula is C14H19NO3S. The maximum absolute atomic E-state index is 12.4. The van der Waals surface area contributed by atoms with Gasteiger partial charge in [0.05, 0.1) is 12.0 Å². The molecule has 4 nitrogen and oxygen atoms in total. The summed E-state index contributed by atoms with van der Waals surface area (Å²) in [4.78, 5) is 26.2. The van der Waals surface area contributed by atoms with E-state index in [1.807, 2.05) is 24.4 Å². The molecule has 0 radical (unpaired) electrons. The van der Waals surface area contributed by atoms with Crippen LogP contribution in [-0.2, 0) is 9.59 Å². The van der Waals surface area contributed by atoms with Gasteiger partial charge in [-0.05, 0) is 37.6 Å². The van der Waals surface area contributed by atoms with Crippen LogP contribution in [0.1, 0.15) is 37.1 Å². The molecule has 0 bridgehead atoms. The highest BCUT2D eigenvalue weighted by atomic mass is 32.1. The number of carboxylic acid groups (broad SMARTS) is 1. The van der Waals surface area contributed by atoms with Gasteiger partial charge in [0.2, 0.25) is 5.91 Å². The number of carboxylic acids is 1. The minimum Gasteiger partial charge on any atom is -0.481 e. The third kappa shape index (κ3) is 2.97. The lowest BCUT2D eigenvalue weighted by Gasteiger charge is -2.27. The second kappa shape index (κ2) is 5.74. The summed E-state index contributed by atoms with van der Waals surface area (Å²) in [7, 11) is 1.81. The first-order valence-electron chi connectivity index (χ1n) is 6.53. The summed E-state index contributed by atoms with van der Waals surface area (Å²) in [6.45, 7) is 2.01. The Kier molecular flexibility index (Phi) is 4.24. The van der Waals surface area contributed by atoms with Gasteiger partial charge >= 0.3 is 5.97 Å². The van der Waals surface area contributed by atoms with E-state index in [1.165, 1.54) is 0 Å². The van der Waals surface area contributed by atoms with Crippen molar-refractivity contribution in [2.45, 2.75) is 32.2 Å². The minimum atomic E-state index is -0.774. The first kappa shape index (κ1) is 14.1. The van der Waals surface area contributed by atoms with Gasteiger partial charge in [-0.2, -0.15) is 0 Å². The molecule has 1 aromatic heterocycles. The van der Waals surface area contributed by atoms with Gasteiger partial charge in [-0.15, -0.1) is 11.3 Å². The number of nitrogens with zero attached hydrogens (tertiary/aromatic N) is 1. The van der Waals surface area contributed by atoms with E-state index in [2.05, 4.69) is 0 Å². The molecule has 104 valence electrons. The molecule has 1 saturated carbocycles. The predicted octanol–water partition coefficient (Wildman–Crippen LogP) is 2.77. The van der Waals surface area contributed by atoms with Gasteiger partial charge in [0, 0.05) is 17.8 Å². The number of amides is 1. The van der Waals surface area contributed by atoms with Crippen molar-refractivity contribution >= 4 is 23.2 Å². The Morgan fingerprint density at radius 1 is 1.42 bits per heavy atom. The molecule has 1 fully saturated rings. The lowest BCUT2D eigenvalue weighted by atomic mass is 10.0. The molecular weight excluding hydrogens is 262 g/mol. The first-order chi connectivity index (χ1) is 9.00. The summed E-state index contributed by atoms with van der Waals surface area (Å²) < 4.78 is 0. The van der Waals surface area contributed by atoms with Crippen LogP contribution in [0.5, 0.6) is 0 Å². The normalized spacial score (nSPS) is 24.1. The topological polar surface area (TPSA) is 57.6 Å². The van der Waals surface area contributed by atoms with Crippen molar-refractivity contribution in [1.29, 1.82) is 0 Å². The Hall–Kier alpha value is -1.36. The fraction of sp³-hybridized carbons (Fsp3) is 0.571. The molecule has 0 spiro atoms. The van der Waals surface area contributed by atoms with Crippen molar-refractivity contribution in [3.63, 3.8) is 0 Å². The number of thiophene rings is 1. The summed E-state index contributed by atoms with van der Waals surface area (Å²) in [6, 6.07) is 4.05. The molecule has 1 heterocycles. The molecule has 1 aliphatic carbocycles. The zero-order chi connectivity index (χ0) is 14.0. The lowest BCUT2D eigenvalue weighted by Crippen LogP contribution is -2.34. The molecule has 5 heteroatoms. The molecule has 1 N–H and O–H groups in total. The Labute approximate surface area is 117 Å². The first-order valence-corrected chi connectivity index (χ1v) is 7.41. The third-order valence-corrected chi connectivity index (χ3v) is 5.06. The zero-order valence-corrected chi connectivity index (χ0v) is 12.0. The Bertz CT molecular complexity index is 457. The molecule has 2 rings (SSSR count). The van der Waals surface area contributed by atoms with Crippen LogP contribution in [0.3, 0.4) is 0 Å². The molecule has 1 aliphatic rings. The molecule has 1 unspecified atom stereocenters. The number of carbonyl (C=O) groups excluding carboxylic acids is 1. The summed E-state index contributed by atoms with van der Waals surface area (Å²) in [5.41, 5.74) is 0. The van der Waals surface area contributed by atoms with Crippen LogP contribution in [0.15, 0.2) is 17.5 Å².